The van der Waals surface area contributed by atoms with Gasteiger partial charge in [-0.2, -0.15) is 10.2 Å². The molecule has 1 aromatic heterocycles. The Hall–Kier alpha value is -3.82. The molecule has 6 heteroatoms. The number of nitrogens with zero attached hydrogens (tertiary/aromatic N) is 5. The van der Waals surface area contributed by atoms with E-state index < -0.39 is 0 Å². The molecule has 0 spiro atoms. The highest BCUT2D eigenvalue weighted by molar-refractivity contribution is 5.69. The van der Waals surface area contributed by atoms with Crippen LogP contribution in [0.1, 0.15) is 107 Å². The average Bonchev–Trinajstić information content (AvgIpc) is 3.81. The van der Waals surface area contributed by atoms with Gasteiger partial charge in [0, 0.05) is 42.6 Å². The van der Waals surface area contributed by atoms with E-state index in [9.17, 15) is 0 Å². The standard InChI is InChI=1S/C37H46N6/c1-6-8-24-37(41-42-37)25-12-13-28-16-18-29(19-17-28)30-20-22-32(23-21-30)38-36-33(26-43(5)27(3)4)34(7-2)39-35(40-36)31-14-10-9-11-15-31/h1,7,14,16-18,20-23,27,29H,2,8-13,15,19,24-26H2,3-5H3,(H,38,39,40). The molecule has 0 radical (unpaired) electrons. The molecule has 1 N–H and O–H groups in total. The molecule has 1 atom stereocenters. The molecular weight excluding hydrogens is 528 g/mol. The third-order valence-corrected chi connectivity index (χ3v) is 8.97. The molecule has 2 aliphatic carbocycles. The molecule has 0 bridgehead atoms. The molecule has 3 aliphatic rings. The number of terminal acetylenes is 1. The minimum atomic E-state index is -0.178. The van der Waals surface area contributed by atoms with Crippen LogP contribution in [0.3, 0.4) is 0 Å². The Bertz CT molecular complexity index is 1450. The van der Waals surface area contributed by atoms with Gasteiger partial charge >= 0.3 is 0 Å². The largest absolute Gasteiger partial charge is 0.340 e. The van der Waals surface area contributed by atoms with E-state index in [4.69, 9.17) is 16.4 Å². The number of nitrogens with one attached hydrogen (secondary N) is 1. The second-order valence-electron chi connectivity index (χ2n) is 12.4. The minimum absolute atomic E-state index is 0.178. The molecule has 1 unspecified atom stereocenters. The van der Waals surface area contributed by atoms with Crippen molar-refractivity contribution in [1.29, 1.82) is 0 Å². The van der Waals surface area contributed by atoms with Crippen molar-refractivity contribution in [2.75, 3.05) is 12.4 Å². The first-order valence-electron chi connectivity index (χ1n) is 15.9. The molecule has 0 saturated carbocycles. The summed E-state index contributed by atoms with van der Waals surface area (Å²) in [6.45, 7) is 9.26. The minimum Gasteiger partial charge on any atom is -0.340 e. The second-order valence-corrected chi connectivity index (χ2v) is 12.4. The van der Waals surface area contributed by atoms with Gasteiger partial charge in [0.05, 0.1) is 5.69 Å². The summed E-state index contributed by atoms with van der Waals surface area (Å²) in [7, 11) is 2.14. The zero-order valence-corrected chi connectivity index (χ0v) is 26.1. The predicted molar refractivity (Wildman–Crippen MR) is 179 cm³/mol. The molecule has 6 nitrogen and oxygen atoms in total. The SMILES string of the molecule is C#CCCC1(CCCC2=CCC(c3ccc(Nc4nc(C5=CCCCC5)nc(C=C)c4CN(C)C(C)C)cc3)C=C2)N=N1. The molecule has 2 heterocycles. The van der Waals surface area contributed by atoms with E-state index in [2.05, 4.69) is 102 Å². The van der Waals surface area contributed by atoms with Crippen LogP contribution in [0.5, 0.6) is 0 Å². The predicted octanol–water partition coefficient (Wildman–Crippen LogP) is 9.38. The number of hydrogen-bond acceptors (Lipinski definition) is 6. The van der Waals surface area contributed by atoms with Crippen molar-refractivity contribution in [1.82, 2.24) is 14.9 Å². The van der Waals surface area contributed by atoms with Gasteiger partial charge in [0.1, 0.15) is 5.82 Å². The summed E-state index contributed by atoms with van der Waals surface area (Å²) >= 11 is 0. The van der Waals surface area contributed by atoms with Gasteiger partial charge in [0.15, 0.2) is 11.5 Å². The van der Waals surface area contributed by atoms with E-state index in [0.29, 0.717) is 12.0 Å². The Morgan fingerprint density at radius 2 is 1.95 bits per heavy atom. The van der Waals surface area contributed by atoms with Gasteiger partial charge in [0.25, 0.3) is 0 Å². The Morgan fingerprint density at radius 1 is 1.14 bits per heavy atom. The van der Waals surface area contributed by atoms with Crippen LogP contribution < -0.4 is 5.32 Å². The van der Waals surface area contributed by atoms with Crippen molar-refractivity contribution >= 4 is 23.2 Å². The summed E-state index contributed by atoms with van der Waals surface area (Å²) in [6.07, 6.45) is 27.0. The van der Waals surface area contributed by atoms with Gasteiger partial charge < -0.3 is 5.32 Å². The molecule has 0 amide bonds. The number of allylic oxidation sites excluding steroid dienone is 6. The molecule has 43 heavy (non-hydrogen) atoms. The quantitative estimate of drug-likeness (QED) is 0.228. The summed E-state index contributed by atoms with van der Waals surface area (Å²) in [5.41, 5.74) is 6.81. The van der Waals surface area contributed by atoms with Crippen LogP contribution in [0.2, 0.25) is 0 Å². The van der Waals surface area contributed by atoms with E-state index in [0.717, 1.165) is 86.5 Å². The van der Waals surface area contributed by atoms with Crippen molar-refractivity contribution in [3.8, 4) is 12.3 Å². The maximum absolute atomic E-state index is 5.42. The highest BCUT2D eigenvalue weighted by Crippen LogP contribution is 2.39. The van der Waals surface area contributed by atoms with Gasteiger partial charge in [-0.3, -0.25) is 4.90 Å². The molecule has 1 aromatic carbocycles. The van der Waals surface area contributed by atoms with Crippen molar-refractivity contribution < 1.29 is 0 Å². The number of anilines is 2. The van der Waals surface area contributed by atoms with Crippen LogP contribution in [0, 0.1) is 12.3 Å². The van der Waals surface area contributed by atoms with Crippen LogP contribution in [0.25, 0.3) is 11.6 Å². The van der Waals surface area contributed by atoms with Crippen molar-refractivity contribution in [3.05, 3.63) is 83.4 Å². The lowest BCUT2D eigenvalue weighted by molar-refractivity contribution is 0.265. The summed E-state index contributed by atoms with van der Waals surface area (Å²) < 4.78 is 0. The van der Waals surface area contributed by atoms with Crippen molar-refractivity contribution in [3.63, 3.8) is 0 Å². The van der Waals surface area contributed by atoms with Crippen LogP contribution in [0.15, 0.2) is 71.0 Å². The van der Waals surface area contributed by atoms with Crippen LogP contribution in [-0.2, 0) is 6.54 Å². The smallest absolute Gasteiger partial charge is 0.191 e. The lowest BCUT2D eigenvalue weighted by Crippen LogP contribution is -2.27. The highest BCUT2D eigenvalue weighted by Gasteiger charge is 2.38. The van der Waals surface area contributed by atoms with Gasteiger partial charge in [-0.1, -0.05) is 48.6 Å². The van der Waals surface area contributed by atoms with E-state index in [1.54, 1.807) is 0 Å². The lowest BCUT2D eigenvalue weighted by atomic mass is 9.88. The molecule has 0 fully saturated rings. The zero-order valence-electron chi connectivity index (χ0n) is 26.1. The Kier molecular flexibility index (Phi) is 10.0. The maximum atomic E-state index is 5.42. The summed E-state index contributed by atoms with van der Waals surface area (Å²) in [5.74, 6) is 4.79. The fraction of sp³-hybridized carbons (Fsp3) is 0.459. The Labute approximate surface area is 258 Å². The van der Waals surface area contributed by atoms with E-state index in [1.165, 1.54) is 29.6 Å². The normalized spacial score (nSPS) is 18.7. The van der Waals surface area contributed by atoms with Gasteiger partial charge in [-0.25, -0.2) is 9.97 Å². The summed E-state index contributed by atoms with van der Waals surface area (Å²) in [5, 5.41) is 12.2. The lowest BCUT2D eigenvalue weighted by Gasteiger charge is -2.24. The maximum Gasteiger partial charge on any atom is 0.191 e. The van der Waals surface area contributed by atoms with Crippen molar-refractivity contribution in [2.24, 2.45) is 10.2 Å². The number of aromatic nitrogens is 2. The zero-order chi connectivity index (χ0) is 30.2. The molecule has 5 rings (SSSR count). The number of benzene rings is 1. The van der Waals surface area contributed by atoms with E-state index in [-0.39, 0.29) is 5.66 Å². The fourth-order valence-corrected chi connectivity index (χ4v) is 5.84. The third kappa shape index (κ3) is 7.97. The Morgan fingerprint density at radius 3 is 2.58 bits per heavy atom. The first-order valence-corrected chi connectivity index (χ1v) is 15.9. The first-order chi connectivity index (χ1) is 20.9. The van der Waals surface area contributed by atoms with E-state index >= 15 is 0 Å². The number of hydrogen-bond donors (Lipinski definition) is 1. The molecular formula is C37H46N6. The second kappa shape index (κ2) is 14.1. The molecule has 2 aromatic rings. The fourth-order valence-electron chi connectivity index (χ4n) is 5.84. The average molecular weight is 575 g/mol. The van der Waals surface area contributed by atoms with Crippen LogP contribution >= 0.6 is 0 Å². The first kappa shape index (κ1) is 30.6. The highest BCUT2D eigenvalue weighted by atomic mass is 15.4. The summed E-state index contributed by atoms with van der Waals surface area (Å²) in [4.78, 5) is 12.4. The third-order valence-electron chi connectivity index (χ3n) is 8.97. The molecule has 224 valence electrons. The van der Waals surface area contributed by atoms with Crippen molar-refractivity contribution in [2.45, 2.75) is 102 Å². The van der Waals surface area contributed by atoms with Gasteiger partial charge in [0.2, 0.25) is 0 Å². The molecule has 0 saturated heterocycles. The number of rotatable bonds is 14. The van der Waals surface area contributed by atoms with Gasteiger partial charge in [-0.15, -0.1) is 12.3 Å². The van der Waals surface area contributed by atoms with Crippen LogP contribution in [-0.4, -0.2) is 33.6 Å². The topological polar surface area (TPSA) is 65.8 Å². The van der Waals surface area contributed by atoms with Crippen LogP contribution in [0.4, 0.5) is 11.5 Å². The summed E-state index contributed by atoms with van der Waals surface area (Å²) in [6, 6.07) is 9.23. The molecule has 1 aliphatic heterocycles. The van der Waals surface area contributed by atoms with E-state index in [1.807, 2.05) is 6.08 Å². The van der Waals surface area contributed by atoms with Gasteiger partial charge in [-0.05, 0) is 102 Å². The Balaban J connectivity index is 1.25. The monoisotopic (exact) mass is 574 g/mol.